The summed E-state index contributed by atoms with van der Waals surface area (Å²) in [5.41, 5.74) is 8.51. The maximum atomic E-state index is 13.6. The second kappa shape index (κ2) is 4.05. The molecule has 3 N–H and O–H groups in total. The predicted molar refractivity (Wildman–Crippen MR) is 70.6 cm³/mol. The number of aromatic amines is 1. The number of imidazole rings is 1. The number of H-pyrrole nitrogens is 1. The van der Waals surface area contributed by atoms with Crippen molar-refractivity contribution >= 4 is 16.7 Å². The van der Waals surface area contributed by atoms with E-state index >= 15 is 0 Å². The van der Waals surface area contributed by atoms with Gasteiger partial charge in [0.05, 0.1) is 5.52 Å². The van der Waals surface area contributed by atoms with Gasteiger partial charge in [-0.25, -0.2) is 13.8 Å². The second-order valence-corrected chi connectivity index (χ2v) is 4.41. The molecule has 1 heterocycles. The lowest BCUT2D eigenvalue weighted by Crippen LogP contribution is -1.93. The number of nitrogen functional groups attached to an aromatic ring is 1. The van der Waals surface area contributed by atoms with Crippen LogP contribution in [0.15, 0.2) is 30.3 Å². The molecule has 19 heavy (non-hydrogen) atoms. The van der Waals surface area contributed by atoms with Crippen molar-refractivity contribution in [1.29, 1.82) is 0 Å². The van der Waals surface area contributed by atoms with Crippen molar-refractivity contribution in [2.45, 2.75) is 6.92 Å². The Bertz CT molecular complexity index is 757. The Kier molecular flexibility index (Phi) is 2.48. The molecule has 0 amide bonds. The summed E-state index contributed by atoms with van der Waals surface area (Å²) in [7, 11) is 0. The van der Waals surface area contributed by atoms with Crippen LogP contribution >= 0.6 is 0 Å². The fourth-order valence-electron chi connectivity index (χ4n) is 2.17. The zero-order valence-electron chi connectivity index (χ0n) is 10.2. The predicted octanol–water partition coefficient (Wildman–Crippen LogP) is 3.40. The van der Waals surface area contributed by atoms with Gasteiger partial charge in [0.1, 0.15) is 17.2 Å². The van der Waals surface area contributed by atoms with Crippen molar-refractivity contribution in [3.8, 4) is 11.4 Å². The quantitative estimate of drug-likeness (QED) is 0.658. The molecule has 0 aliphatic heterocycles. The van der Waals surface area contributed by atoms with Crippen molar-refractivity contribution < 1.29 is 8.78 Å². The highest BCUT2D eigenvalue weighted by Crippen LogP contribution is 2.29. The van der Waals surface area contributed by atoms with Crippen LogP contribution in [0, 0.1) is 18.6 Å². The molecule has 5 heteroatoms. The van der Waals surface area contributed by atoms with Gasteiger partial charge >= 0.3 is 0 Å². The molecule has 1 aromatic heterocycles. The van der Waals surface area contributed by atoms with Gasteiger partial charge in [0, 0.05) is 17.3 Å². The lowest BCUT2D eigenvalue weighted by Gasteiger charge is -2.05. The first-order chi connectivity index (χ1) is 9.06. The van der Waals surface area contributed by atoms with E-state index in [1.54, 1.807) is 6.07 Å². The van der Waals surface area contributed by atoms with Crippen molar-refractivity contribution in [3.63, 3.8) is 0 Å². The fourth-order valence-corrected chi connectivity index (χ4v) is 2.17. The third-order valence-electron chi connectivity index (χ3n) is 3.05. The van der Waals surface area contributed by atoms with Gasteiger partial charge < -0.3 is 10.7 Å². The van der Waals surface area contributed by atoms with Crippen LogP contribution in [0.5, 0.6) is 0 Å². The summed E-state index contributed by atoms with van der Waals surface area (Å²) in [6.45, 7) is 1.88. The molecule has 0 aliphatic carbocycles. The number of benzene rings is 2. The Hall–Kier alpha value is -2.43. The number of hydrogen-bond donors (Lipinski definition) is 2. The number of nitrogens with zero attached hydrogens (tertiary/aromatic N) is 1. The number of aromatic nitrogens is 2. The van der Waals surface area contributed by atoms with Crippen molar-refractivity contribution in [2.24, 2.45) is 0 Å². The summed E-state index contributed by atoms with van der Waals surface area (Å²) >= 11 is 0. The number of rotatable bonds is 1. The van der Waals surface area contributed by atoms with Crippen LogP contribution in [0.1, 0.15) is 5.56 Å². The summed E-state index contributed by atoms with van der Waals surface area (Å²) in [5, 5.41) is 0. The van der Waals surface area contributed by atoms with Crippen LogP contribution in [-0.2, 0) is 0 Å². The van der Waals surface area contributed by atoms with Gasteiger partial charge in [0.2, 0.25) is 0 Å². The van der Waals surface area contributed by atoms with Crippen molar-refractivity contribution in [2.75, 3.05) is 5.73 Å². The average Bonchev–Trinajstić information content (AvgIpc) is 2.72. The number of halogens is 2. The lowest BCUT2D eigenvalue weighted by atomic mass is 10.1. The molecule has 0 unspecified atom stereocenters. The first-order valence-corrected chi connectivity index (χ1v) is 5.76. The van der Waals surface area contributed by atoms with E-state index in [9.17, 15) is 8.78 Å². The lowest BCUT2D eigenvalue weighted by molar-refractivity contribution is 0.591. The molecule has 3 aromatic rings. The second-order valence-electron chi connectivity index (χ2n) is 4.41. The molecule has 0 radical (unpaired) electrons. The molecule has 0 saturated heterocycles. The average molecular weight is 259 g/mol. The van der Waals surface area contributed by atoms with Gasteiger partial charge in [0.15, 0.2) is 5.82 Å². The number of aryl methyl sites for hydroxylation is 1. The van der Waals surface area contributed by atoms with Gasteiger partial charge in [-0.15, -0.1) is 0 Å². The molecular weight excluding hydrogens is 248 g/mol. The van der Waals surface area contributed by atoms with E-state index in [1.165, 1.54) is 6.07 Å². The van der Waals surface area contributed by atoms with Crippen LogP contribution in [0.4, 0.5) is 14.5 Å². The SMILES string of the molecule is Cc1cccc(N)c1-c1nc2c(F)cc(F)cc2[nH]1. The van der Waals surface area contributed by atoms with E-state index < -0.39 is 11.6 Å². The zero-order chi connectivity index (χ0) is 13.6. The summed E-state index contributed by atoms with van der Waals surface area (Å²) in [6, 6.07) is 7.48. The standard InChI is InChI=1S/C14H11F2N3/c1-7-3-2-4-10(17)12(7)14-18-11-6-8(15)5-9(16)13(11)19-14/h2-6H,17H2,1H3,(H,18,19). The minimum absolute atomic E-state index is 0.110. The van der Waals surface area contributed by atoms with Gasteiger partial charge in [-0.05, 0) is 24.6 Å². The molecule has 0 bridgehead atoms. The number of nitrogens with two attached hydrogens (primary N) is 1. The largest absolute Gasteiger partial charge is 0.398 e. The van der Waals surface area contributed by atoms with Crippen LogP contribution in [-0.4, -0.2) is 9.97 Å². The van der Waals surface area contributed by atoms with Gasteiger partial charge in [-0.3, -0.25) is 0 Å². The molecule has 3 nitrogen and oxygen atoms in total. The molecule has 3 rings (SSSR count). The van der Waals surface area contributed by atoms with Crippen molar-refractivity contribution in [3.05, 3.63) is 47.5 Å². The summed E-state index contributed by atoms with van der Waals surface area (Å²) in [5.74, 6) is -0.891. The van der Waals surface area contributed by atoms with E-state index in [0.717, 1.165) is 11.6 Å². The Balaban J connectivity index is 2.30. The third kappa shape index (κ3) is 1.83. The van der Waals surface area contributed by atoms with E-state index in [2.05, 4.69) is 9.97 Å². The highest BCUT2D eigenvalue weighted by molar-refractivity contribution is 5.84. The third-order valence-corrected chi connectivity index (χ3v) is 3.05. The van der Waals surface area contributed by atoms with Gasteiger partial charge in [-0.2, -0.15) is 0 Å². The summed E-state index contributed by atoms with van der Waals surface area (Å²) in [6.07, 6.45) is 0. The Morgan fingerprint density at radius 3 is 2.74 bits per heavy atom. The number of hydrogen-bond acceptors (Lipinski definition) is 2. The van der Waals surface area contributed by atoms with Gasteiger partial charge in [-0.1, -0.05) is 12.1 Å². The monoisotopic (exact) mass is 259 g/mol. The number of anilines is 1. The van der Waals surface area contributed by atoms with E-state index in [-0.39, 0.29) is 5.52 Å². The van der Waals surface area contributed by atoms with E-state index in [0.29, 0.717) is 22.6 Å². The van der Waals surface area contributed by atoms with Crippen LogP contribution in [0.3, 0.4) is 0 Å². The summed E-state index contributed by atoms with van der Waals surface area (Å²) < 4.78 is 26.8. The van der Waals surface area contributed by atoms with E-state index in [4.69, 9.17) is 5.73 Å². The normalized spacial score (nSPS) is 11.1. The highest BCUT2D eigenvalue weighted by Gasteiger charge is 2.14. The molecule has 0 spiro atoms. The van der Waals surface area contributed by atoms with Crippen LogP contribution < -0.4 is 5.73 Å². The maximum Gasteiger partial charge on any atom is 0.153 e. The number of nitrogens with one attached hydrogen (secondary N) is 1. The molecule has 0 saturated carbocycles. The smallest absolute Gasteiger partial charge is 0.153 e. The Labute approximate surface area is 108 Å². The summed E-state index contributed by atoms with van der Waals surface area (Å²) in [4.78, 5) is 7.07. The van der Waals surface area contributed by atoms with Crippen LogP contribution in [0.2, 0.25) is 0 Å². The Morgan fingerprint density at radius 1 is 1.21 bits per heavy atom. The topological polar surface area (TPSA) is 54.7 Å². The zero-order valence-corrected chi connectivity index (χ0v) is 10.2. The van der Waals surface area contributed by atoms with E-state index in [1.807, 2.05) is 19.1 Å². The maximum absolute atomic E-state index is 13.6. The first-order valence-electron chi connectivity index (χ1n) is 5.76. The number of fused-ring (bicyclic) bond motifs is 1. The highest BCUT2D eigenvalue weighted by atomic mass is 19.1. The minimum Gasteiger partial charge on any atom is -0.398 e. The Morgan fingerprint density at radius 2 is 2.00 bits per heavy atom. The molecule has 0 aliphatic rings. The van der Waals surface area contributed by atoms with Crippen LogP contribution in [0.25, 0.3) is 22.4 Å². The molecule has 0 fully saturated rings. The molecular formula is C14H11F2N3. The molecule has 2 aromatic carbocycles. The van der Waals surface area contributed by atoms with Gasteiger partial charge in [0.25, 0.3) is 0 Å². The first kappa shape index (κ1) is 11.6. The minimum atomic E-state index is -0.690. The molecule has 0 atom stereocenters. The van der Waals surface area contributed by atoms with Crippen molar-refractivity contribution in [1.82, 2.24) is 9.97 Å². The molecule has 96 valence electrons. The fraction of sp³-hybridized carbons (Fsp3) is 0.0714.